The molecule has 1 aromatic carbocycles. The predicted molar refractivity (Wildman–Crippen MR) is 128 cm³/mol. The second kappa shape index (κ2) is 10.1. The number of amides is 1. The van der Waals surface area contributed by atoms with Crippen LogP contribution in [0.5, 0.6) is 5.75 Å². The molecule has 0 aliphatic heterocycles. The number of rotatable bonds is 9. The molecule has 0 saturated heterocycles. The number of anilines is 1. The van der Waals surface area contributed by atoms with Crippen LogP contribution in [0.1, 0.15) is 30.1 Å². The number of aryl methyl sites for hydroxylation is 2. The molecule has 0 bridgehead atoms. The van der Waals surface area contributed by atoms with Crippen molar-refractivity contribution in [2.24, 2.45) is 0 Å². The summed E-state index contributed by atoms with van der Waals surface area (Å²) >= 11 is 1.46. The largest absolute Gasteiger partial charge is 0.496 e. The number of hydrogen-bond donors (Lipinski definition) is 1. The van der Waals surface area contributed by atoms with Gasteiger partial charge in [-0.1, -0.05) is 13.8 Å². The fourth-order valence-corrected chi connectivity index (χ4v) is 4.57. The van der Waals surface area contributed by atoms with Gasteiger partial charge in [0, 0.05) is 4.88 Å². The van der Waals surface area contributed by atoms with E-state index in [2.05, 4.69) is 10.2 Å². The second-order valence-electron chi connectivity index (χ2n) is 7.53. The lowest BCUT2D eigenvalue weighted by Crippen LogP contribution is -2.34. The zero-order valence-electron chi connectivity index (χ0n) is 19.3. The van der Waals surface area contributed by atoms with Crippen LogP contribution in [0.2, 0.25) is 0 Å². The summed E-state index contributed by atoms with van der Waals surface area (Å²) < 4.78 is 6.40. The number of hydrogen-bond acceptors (Lipinski definition) is 8. The predicted octanol–water partition coefficient (Wildman–Crippen LogP) is 3.47. The number of fused-ring (bicyclic) bond motifs is 1. The van der Waals surface area contributed by atoms with Crippen LogP contribution in [0.4, 0.5) is 11.4 Å². The normalized spacial score (nSPS) is 11.2. The van der Waals surface area contributed by atoms with E-state index in [0.717, 1.165) is 23.5 Å². The molecular formula is C22H27N5O5S. The molecule has 3 rings (SSSR count). The highest BCUT2D eigenvalue weighted by Gasteiger charge is 2.21. The molecule has 0 aliphatic carbocycles. The molecule has 10 nitrogen and oxygen atoms in total. The Labute approximate surface area is 195 Å². The quantitative estimate of drug-likeness (QED) is 0.373. The summed E-state index contributed by atoms with van der Waals surface area (Å²) in [6.07, 6.45) is 0. The van der Waals surface area contributed by atoms with Crippen molar-refractivity contribution < 1.29 is 14.5 Å². The van der Waals surface area contributed by atoms with E-state index in [4.69, 9.17) is 9.72 Å². The Morgan fingerprint density at radius 2 is 2.00 bits per heavy atom. The van der Waals surface area contributed by atoms with Crippen LogP contribution in [-0.2, 0) is 17.9 Å². The average Bonchev–Trinajstić information content (AvgIpc) is 3.07. The third-order valence-electron chi connectivity index (χ3n) is 5.60. The van der Waals surface area contributed by atoms with Gasteiger partial charge >= 0.3 is 0 Å². The van der Waals surface area contributed by atoms with Crippen LogP contribution in [-0.4, -0.2) is 45.5 Å². The van der Waals surface area contributed by atoms with Gasteiger partial charge in [-0.2, -0.15) is 0 Å². The smallest absolute Gasteiger partial charge is 0.296 e. The molecule has 0 radical (unpaired) electrons. The van der Waals surface area contributed by atoms with E-state index in [9.17, 15) is 19.7 Å². The molecule has 2 heterocycles. The maximum atomic E-state index is 13.4. The number of aromatic nitrogens is 2. The minimum absolute atomic E-state index is 0.0285. The van der Waals surface area contributed by atoms with Gasteiger partial charge in [0.25, 0.3) is 11.2 Å². The molecule has 0 aliphatic rings. The second-order valence-corrected chi connectivity index (χ2v) is 8.74. The zero-order valence-corrected chi connectivity index (χ0v) is 20.1. The van der Waals surface area contributed by atoms with Crippen molar-refractivity contribution in [3.8, 4) is 5.75 Å². The number of nitro groups is 1. The van der Waals surface area contributed by atoms with E-state index < -0.39 is 10.8 Å². The van der Waals surface area contributed by atoms with Crippen molar-refractivity contribution in [1.82, 2.24) is 14.5 Å². The minimum atomic E-state index is -0.596. The van der Waals surface area contributed by atoms with Crippen LogP contribution in [0.25, 0.3) is 10.2 Å². The van der Waals surface area contributed by atoms with Crippen LogP contribution < -0.4 is 15.6 Å². The lowest BCUT2D eigenvalue weighted by molar-refractivity contribution is -0.384. The fourth-order valence-electron chi connectivity index (χ4n) is 3.53. The van der Waals surface area contributed by atoms with Crippen molar-refractivity contribution in [1.29, 1.82) is 0 Å². The van der Waals surface area contributed by atoms with Gasteiger partial charge < -0.3 is 10.1 Å². The number of ether oxygens (including phenoxy) is 1. The maximum Gasteiger partial charge on any atom is 0.296 e. The summed E-state index contributed by atoms with van der Waals surface area (Å²) in [5.41, 5.74) is 0.294. The number of nitro benzene ring substituents is 1. The number of methoxy groups -OCH3 is 1. The number of carbonyl (C=O) groups is 1. The molecule has 3 aromatic rings. The molecule has 1 N–H and O–H groups in total. The van der Waals surface area contributed by atoms with Gasteiger partial charge in [-0.15, -0.1) is 11.3 Å². The van der Waals surface area contributed by atoms with Crippen molar-refractivity contribution in [3.05, 3.63) is 54.9 Å². The summed E-state index contributed by atoms with van der Waals surface area (Å²) in [5.74, 6) is 0.226. The first-order valence-corrected chi connectivity index (χ1v) is 11.4. The monoisotopic (exact) mass is 473 g/mol. The summed E-state index contributed by atoms with van der Waals surface area (Å²) in [6, 6.07) is 4.16. The molecule has 0 spiro atoms. The first-order valence-electron chi connectivity index (χ1n) is 10.5. The van der Waals surface area contributed by atoms with E-state index in [1.165, 1.54) is 41.2 Å². The van der Waals surface area contributed by atoms with Gasteiger partial charge in [-0.3, -0.25) is 29.2 Å². The molecule has 0 fully saturated rings. The van der Waals surface area contributed by atoms with E-state index in [0.29, 0.717) is 28.3 Å². The standard InChI is InChI=1S/C22H27N5O5S/c1-6-25(7-2)11-18-24-21-20(13(3)14(4)33-21)22(29)26(18)12-19(28)23-16-9-8-15(32-5)10-17(16)27(30)31/h8-10H,6-7,11-12H2,1-5H3,(H,23,28). The highest BCUT2D eigenvalue weighted by molar-refractivity contribution is 7.18. The first-order chi connectivity index (χ1) is 15.7. The Bertz CT molecular complexity index is 1260. The van der Waals surface area contributed by atoms with Crippen molar-refractivity contribution >= 4 is 38.8 Å². The number of nitrogens with one attached hydrogen (secondary N) is 1. The van der Waals surface area contributed by atoms with E-state index >= 15 is 0 Å². The van der Waals surface area contributed by atoms with Crippen LogP contribution in [0.15, 0.2) is 23.0 Å². The number of thiophene rings is 1. The SMILES string of the molecule is CCN(CC)Cc1nc2sc(C)c(C)c2c(=O)n1CC(=O)Nc1ccc(OC)cc1[N+](=O)[O-]. The third kappa shape index (κ3) is 5.04. The highest BCUT2D eigenvalue weighted by atomic mass is 32.1. The first kappa shape index (κ1) is 24.3. The zero-order chi connectivity index (χ0) is 24.3. The number of benzene rings is 1. The lowest BCUT2D eigenvalue weighted by atomic mass is 10.2. The molecule has 2 aromatic heterocycles. The molecule has 0 atom stereocenters. The molecule has 176 valence electrons. The van der Waals surface area contributed by atoms with Gasteiger partial charge in [0.2, 0.25) is 5.91 Å². The molecule has 0 unspecified atom stereocenters. The molecular weight excluding hydrogens is 446 g/mol. The summed E-state index contributed by atoms with van der Waals surface area (Å²) in [5, 5.41) is 14.5. The lowest BCUT2D eigenvalue weighted by Gasteiger charge is -2.20. The molecule has 11 heteroatoms. The summed E-state index contributed by atoms with van der Waals surface area (Å²) in [4.78, 5) is 45.6. The number of nitrogens with zero attached hydrogens (tertiary/aromatic N) is 4. The van der Waals surface area contributed by atoms with E-state index in [1.54, 1.807) is 0 Å². The highest BCUT2D eigenvalue weighted by Crippen LogP contribution is 2.29. The van der Waals surface area contributed by atoms with Crippen molar-refractivity contribution in [3.63, 3.8) is 0 Å². The van der Waals surface area contributed by atoms with Crippen LogP contribution in [0.3, 0.4) is 0 Å². The number of carbonyl (C=O) groups excluding carboxylic acids is 1. The molecule has 0 saturated carbocycles. The summed E-state index contributed by atoms with van der Waals surface area (Å²) in [6.45, 7) is 9.45. The maximum absolute atomic E-state index is 13.4. The Kier molecular flexibility index (Phi) is 7.44. The van der Waals surface area contributed by atoms with Gasteiger partial charge in [0.05, 0.1) is 30.0 Å². The Morgan fingerprint density at radius 1 is 1.30 bits per heavy atom. The fraction of sp³-hybridized carbons (Fsp3) is 0.409. The van der Waals surface area contributed by atoms with Crippen LogP contribution >= 0.6 is 11.3 Å². The molecule has 33 heavy (non-hydrogen) atoms. The van der Waals surface area contributed by atoms with Gasteiger partial charge in [-0.25, -0.2) is 4.98 Å². The average molecular weight is 474 g/mol. The Morgan fingerprint density at radius 3 is 2.61 bits per heavy atom. The van der Waals surface area contributed by atoms with E-state index in [1.807, 2.05) is 27.7 Å². The summed E-state index contributed by atoms with van der Waals surface area (Å²) in [7, 11) is 1.40. The Balaban J connectivity index is 2.01. The topological polar surface area (TPSA) is 120 Å². The van der Waals surface area contributed by atoms with Crippen molar-refractivity contribution in [2.75, 3.05) is 25.5 Å². The van der Waals surface area contributed by atoms with Gasteiger partial charge in [-0.05, 0) is 44.6 Å². The van der Waals surface area contributed by atoms with Gasteiger partial charge in [0.15, 0.2) is 0 Å². The van der Waals surface area contributed by atoms with Crippen LogP contribution in [0, 0.1) is 24.0 Å². The Hall–Kier alpha value is -3.31. The van der Waals surface area contributed by atoms with Gasteiger partial charge in [0.1, 0.15) is 28.6 Å². The van der Waals surface area contributed by atoms with Crippen molar-refractivity contribution in [2.45, 2.75) is 40.8 Å². The molecule has 1 amide bonds. The minimum Gasteiger partial charge on any atom is -0.496 e. The third-order valence-corrected chi connectivity index (χ3v) is 6.71. The van der Waals surface area contributed by atoms with E-state index in [-0.39, 0.29) is 23.5 Å².